The monoisotopic (exact) mass is 361 g/mol. The Morgan fingerprint density at radius 3 is 2.48 bits per heavy atom. The molecule has 1 atom stereocenters. The smallest absolute Gasteiger partial charge is 0.383 e. The molecule has 1 aliphatic rings. The van der Waals surface area contributed by atoms with E-state index in [1.807, 2.05) is 0 Å². The maximum absolute atomic E-state index is 13.1. The number of nitrogens with zero attached hydrogens (tertiary/aromatic N) is 2. The molecule has 1 unspecified atom stereocenters. The highest BCUT2D eigenvalue weighted by atomic mass is 19.4. The number of ether oxygens (including phenoxy) is 1. The molecule has 0 bridgehead atoms. The number of alkyl halides is 3. The molecule has 1 heterocycles. The van der Waals surface area contributed by atoms with E-state index in [9.17, 15) is 23.3 Å². The van der Waals surface area contributed by atoms with E-state index in [0.29, 0.717) is 25.7 Å². The lowest BCUT2D eigenvalue weighted by molar-refractivity contribution is -0.388. The first kappa shape index (κ1) is 19.5. The number of nitro benzene ring substituents is 1. The average molecular weight is 361 g/mol. The molecular weight excluding hydrogens is 339 g/mol. The van der Waals surface area contributed by atoms with Crippen LogP contribution in [-0.2, 0) is 10.9 Å². The van der Waals surface area contributed by atoms with Crippen molar-refractivity contribution >= 4 is 11.4 Å². The Hall–Kier alpha value is -1.87. The van der Waals surface area contributed by atoms with Gasteiger partial charge in [-0.1, -0.05) is 13.8 Å². The van der Waals surface area contributed by atoms with Crippen LogP contribution in [0.1, 0.15) is 19.4 Å². The Labute approximate surface area is 144 Å². The molecule has 2 rings (SSSR count). The molecule has 140 valence electrons. The fraction of sp³-hybridized carbons (Fsp3) is 0.625. The predicted molar refractivity (Wildman–Crippen MR) is 87.6 cm³/mol. The second kappa shape index (κ2) is 8.01. The number of halogens is 3. The van der Waals surface area contributed by atoms with E-state index in [0.717, 1.165) is 25.2 Å². The van der Waals surface area contributed by atoms with Crippen LogP contribution in [0.2, 0.25) is 0 Å². The molecule has 1 fully saturated rings. The van der Waals surface area contributed by atoms with E-state index < -0.39 is 22.4 Å². The zero-order chi connectivity index (χ0) is 18.6. The SMILES string of the molecule is CC(C)C(CNc1ccc([N+](=O)[O-])c(C(F)(F)F)c1)N1CCOCC1. The Bertz CT molecular complexity index is 602. The van der Waals surface area contributed by atoms with E-state index in [1.165, 1.54) is 6.07 Å². The lowest BCUT2D eigenvalue weighted by Crippen LogP contribution is -2.49. The lowest BCUT2D eigenvalue weighted by Gasteiger charge is -2.37. The predicted octanol–water partition coefficient (Wildman–Crippen LogP) is 3.38. The molecule has 6 nitrogen and oxygen atoms in total. The van der Waals surface area contributed by atoms with Crippen molar-refractivity contribution in [3.8, 4) is 0 Å². The summed E-state index contributed by atoms with van der Waals surface area (Å²) in [6.07, 6.45) is -4.78. The third-order valence-corrected chi connectivity index (χ3v) is 4.30. The normalized spacial score (nSPS) is 17.5. The molecule has 1 N–H and O–H groups in total. The van der Waals surface area contributed by atoms with E-state index in [4.69, 9.17) is 4.74 Å². The van der Waals surface area contributed by atoms with E-state index in [1.54, 1.807) is 0 Å². The van der Waals surface area contributed by atoms with Crippen molar-refractivity contribution in [3.05, 3.63) is 33.9 Å². The van der Waals surface area contributed by atoms with Crippen molar-refractivity contribution in [1.82, 2.24) is 4.90 Å². The van der Waals surface area contributed by atoms with Crippen LogP contribution in [0.4, 0.5) is 24.5 Å². The van der Waals surface area contributed by atoms with Crippen molar-refractivity contribution in [2.75, 3.05) is 38.2 Å². The molecule has 1 aliphatic heterocycles. The molecule has 0 saturated carbocycles. The van der Waals surface area contributed by atoms with Crippen LogP contribution in [0, 0.1) is 16.0 Å². The molecule has 0 spiro atoms. The maximum atomic E-state index is 13.1. The minimum atomic E-state index is -4.78. The highest BCUT2D eigenvalue weighted by molar-refractivity contribution is 5.55. The number of hydrogen-bond donors (Lipinski definition) is 1. The van der Waals surface area contributed by atoms with Crippen LogP contribution >= 0.6 is 0 Å². The number of benzene rings is 1. The number of rotatable bonds is 6. The number of hydrogen-bond acceptors (Lipinski definition) is 5. The molecule has 1 aromatic carbocycles. The molecular formula is C16H22F3N3O3. The minimum Gasteiger partial charge on any atom is -0.383 e. The Balaban J connectivity index is 2.14. The average Bonchev–Trinajstić information content (AvgIpc) is 2.54. The molecule has 1 aromatic rings. The topological polar surface area (TPSA) is 67.6 Å². The van der Waals surface area contributed by atoms with Gasteiger partial charge in [-0.2, -0.15) is 13.2 Å². The first-order valence-electron chi connectivity index (χ1n) is 8.11. The highest BCUT2D eigenvalue weighted by Crippen LogP contribution is 2.37. The van der Waals surface area contributed by atoms with Gasteiger partial charge in [-0.25, -0.2) is 0 Å². The summed E-state index contributed by atoms with van der Waals surface area (Å²) in [5, 5.41) is 13.8. The highest BCUT2D eigenvalue weighted by Gasteiger charge is 2.38. The van der Waals surface area contributed by atoms with Gasteiger partial charge < -0.3 is 10.1 Å². The summed E-state index contributed by atoms with van der Waals surface area (Å²) in [6, 6.07) is 3.14. The molecule has 0 amide bonds. The second-order valence-corrected chi connectivity index (χ2v) is 6.33. The van der Waals surface area contributed by atoms with Gasteiger partial charge in [0.05, 0.1) is 18.1 Å². The van der Waals surface area contributed by atoms with Gasteiger partial charge in [0.2, 0.25) is 0 Å². The minimum absolute atomic E-state index is 0.133. The number of morpholine rings is 1. The van der Waals surface area contributed by atoms with Gasteiger partial charge in [-0.3, -0.25) is 15.0 Å². The molecule has 0 aromatic heterocycles. The van der Waals surface area contributed by atoms with Crippen LogP contribution in [0.5, 0.6) is 0 Å². The van der Waals surface area contributed by atoms with E-state index in [2.05, 4.69) is 24.1 Å². The number of anilines is 1. The first-order valence-corrected chi connectivity index (χ1v) is 8.11. The van der Waals surface area contributed by atoms with Crippen molar-refractivity contribution < 1.29 is 22.8 Å². The standard InChI is InChI=1S/C16H22F3N3O3/c1-11(2)15(21-5-7-25-8-6-21)10-20-12-3-4-14(22(23)24)13(9-12)16(17,18)19/h3-4,9,11,15,20H,5-8,10H2,1-2H3. The first-order chi connectivity index (χ1) is 11.7. The summed E-state index contributed by atoms with van der Waals surface area (Å²) in [5.41, 5.74) is -1.96. The van der Waals surface area contributed by atoms with Gasteiger partial charge in [0.1, 0.15) is 5.56 Å². The Morgan fingerprint density at radius 2 is 1.96 bits per heavy atom. The lowest BCUT2D eigenvalue weighted by atomic mass is 10.0. The summed E-state index contributed by atoms with van der Waals surface area (Å²) in [7, 11) is 0. The van der Waals surface area contributed by atoms with Crippen LogP contribution in [-0.4, -0.2) is 48.7 Å². The quantitative estimate of drug-likeness (QED) is 0.621. The van der Waals surface area contributed by atoms with Gasteiger partial charge in [0.25, 0.3) is 5.69 Å². The summed E-state index contributed by atoms with van der Waals surface area (Å²) in [4.78, 5) is 12.0. The summed E-state index contributed by atoms with van der Waals surface area (Å²) < 4.78 is 44.5. The van der Waals surface area contributed by atoms with Crippen molar-refractivity contribution in [2.24, 2.45) is 5.92 Å². The van der Waals surface area contributed by atoms with Crippen LogP contribution in [0.25, 0.3) is 0 Å². The summed E-state index contributed by atoms with van der Waals surface area (Å²) in [5.74, 6) is 0.297. The fourth-order valence-corrected chi connectivity index (χ4v) is 2.95. The van der Waals surface area contributed by atoms with E-state index in [-0.39, 0.29) is 11.7 Å². The molecule has 9 heteroatoms. The van der Waals surface area contributed by atoms with Gasteiger partial charge in [-0.05, 0) is 18.1 Å². The molecule has 1 saturated heterocycles. The summed E-state index contributed by atoms with van der Waals surface area (Å²) in [6.45, 7) is 7.39. The maximum Gasteiger partial charge on any atom is 0.423 e. The third kappa shape index (κ3) is 5.05. The van der Waals surface area contributed by atoms with Crippen molar-refractivity contribution in [1.29, 1.82) is 0 Å². The van der Waals surface area contributed by atoms with Crippen molar-refractivity contribution in [3.63, 3.8) is 0 Å². The van der Waals surface area contributed by atoms with Gasteiger partial charge in [0.15, 0.2) is 0 Å². The molecule has 25 heavy (non-hydrogen) atoms. The zero-order valence-electron chi connectivity index (χ0n) is 14.2. The zero-order valence-corrected chi connectivity index (χ0v) is 14.2. The third-order valence-electron chi connectivity index (χ3n) is 4.30. The van der Waals surface area contributed by atoms with Gasteiger partial charge in [-0.15, -0.1) is 0 Å². The van der Waals surface area contributed by atoms with Crippen molar-refractivity contribution in [2.45, 2.75) is 26.1 Å². The van der Waals surface area contributed by atoms with Crippen LogP contribution in [0.15, 0.2) is 18.2 Å². The molecule has 0 radical (unpaired) electrons. The fourth-order valence-electron chi connectivity index (χ4n) is 2.95. The number of nitrogens with one attached hydrogen (secondary N) is 1. The Kier molecular flexibility index (Phi) is 6.23. The van der Waals surface area contributed by atoms with Crippen LogP contribution in [0.3, 0.4) is 0 Å². The summed E-state index contributed by atoms with van der Waals surface area (Å²) >= 11 is 0. The van der Waals surface area contributed by atoms with Gasteiger partial charge in [0, 0.05) is 37.4 Å². The Morgan fingerprint density at radius 1 is 1.32 bits per heavy atom. The van der Waals surface area contributed by atoms with E-state index >= 15 is 0 Å². The van der Waals surface area contributed by atoms with Gasteiger partial charge >= 0.3 is 6.18 Å². The largest absolute Gasteiger partial charge is 0.423 e. The second-order valence-electron chi connectivity index (χ2n) is 6.33. The number of nitro groups is 1. The molecule has 0 aliphatic carbocycles. The van der Waals surface area contributed by atoms with Crippen LogP contribution < -0.4 is 5.32 Å².